The van der Waals surface area contributed by atoms with Crippen molar-refractivity contribution in [3.8, 4) is 0 Å². The van der Waals surface area contributed by atoms with Gasteiger partial charge in [-0.2, -0.15) is 13.2 Å². The molecule has 15 heavy (non-hydrogen) atoms. The van der Waals surface area contributed by atoms with Crippen LogP contribution in [0.4, 0.5) is 13.2 Å². The SMILES string of the molecule is CCc1nc(C(F)(F)F)ncc1C(C)C. The van der Waals surface area contributed by atoms with Gasteiger partial charge >= 0.3 is 6.18 Å². The maximum absolute atomic E-state index is 12.3. The zero-order valence-electron chi connectivity index (χ0n) is 8.89. The fraction of sp³-hybridized carbons (Fsp3) is 0.600. The lowest BCUT2D eigenvalue weighted by atomic mass is 10.0. The van der Waals surface area contributed by atoms with Gasteiger partial charge in [-0.1, -0.05) is 20.8 Å². The Morgan fingerprint density at radius 3 is 2.33 bits per heavy atom. The molecule has 0 aliphatic rings. The van der Waals surface area contributed by atoms with Gasteiger partial charge in [-0.05, 0) is 17.9 Å². The van der Waals surface area contributed by atoms with E-state index in [1.54, 1.807) is 6.92 Å². The van der Waals surface area contributed by atoms with Gasteiger partial charge in [-0.25, -0.2) is 9.97 Å². The number of hydrogen-bond acceptors (Lipinski definition) is 2. The summed E-state index contributed by atoms with van der Waals surface area (Å²) >= 11 is 0. The largest absolute Gasteiger partial charge is 0.451 e. The van der Waals surface area contributed by atoms with Gasteiger partial charge in [0, 0.05) is 11.9 Å². The number of rotatable bonds is 2. The Bertz CT molecular complexity index is 345. The smallest absolute Gasteiger partial charge is 0.233 e. The van der Waals surface area contributed by atoms with Crippen molar-refractivity contribution in [3.05, 3.63) is 23.3 Å². The van der Waals surface area contributed by atoms with Crippen molar-refractivity contribution in [3.63, 3.8) is 0 Å². The van der Waals surface area contributed by atoms with Crippen molar-refractivity contribution in [1.29, 1.82) is 0 Å². The number of alkyl halides is 3. The van der Waals surface area contributed by atoms with Crippen LogP contribution in [0.2, 0.25) is 0 Å². The number of nitrogens with zero attached hydrogens (tertiary/aromatic N) is 2. The molecule has 0 fully saturated rings. The molecular formula is C10H13F3N2. The van der Waals surface area contributed by atoms with Gasteiger partial charge < -0.3 is 0 Å². The second-order valence-corrected chi connectivity index (χ2v) is 3.60. The number of halogens is 3. The third kappa shape index (κ3) is 2.67. The van der Waals surface area contributed by atoms with Crippen LogP contribution >= 0.6 is 0 Å². The molecule has 0 aliphatic carbocycles. The highest BCUT2D eigenvalue weighted by molar-refractivity contribution is 5.21. The molecule has 0 aliphatic heterocycles. The molecule has 84 valence electrons. The molecule has 2 nitrogen and oxygen atoms in total. The Morgan fingerprint density at radius 2 is 1.93 bits per heavy atom. The maximum atomic E-state index is 12.3. The average Bonchev–Trinajstić information content (AvgIpc) is 2.15. The van der Waals surface area contributed by atoms with E-state index in [1.807, 2.05) is 13.8 Å². The Labute approximate surface area is 86.6 Å². The van der Waals surface area contributed by atoms with Crippen molar-refractivity contribution in [2.75, 3.05) is 0 Å². The summed E-state index contributed by atoms with van der Waals surface area (Å²) in [5, 5.41) is 0. The van der Waals surface area contributed by atoms with Crippen molar-refractivity contribution in [1.82, 2.24) is 9.97 Å². The normalized spacial score (nSPS) is 12.2. The fourth-order valence-electron chi connectivity index (χ4n) is 1.33. The monoisotopic (exact) mass is 218 g/mol. The highest BCUT2D eigenvalue weighted by atomic mass is 19.4. The molecule has 1 aromatic rings. The highest BCUT2D eigenvalue weighted by Crippen LogP contribution is 2.27. The molecule has 0 radical (unpaired) electrons. The van der Waals surface area contributed by atoms with Gasteiger partial charge in [0.25, 0.3) is 0 Å². The molecule has 0 amide bonds. The average molecular weight is 218 g/mol. The van der Waals surface area contributed by atoms with Gasteiger partial charge in [0.15, 0.2) is 0 Å². The zero-order valence-corrected chi connectivity index (χ0v) is 8.89. The molecule has 0 bridgehead atoms. The summed E-state index contributed by atoms with van der Waals surface area (Å²) in [6, 6.07) is 0. The maximum Gasteiger partial charge on any atom is 0.451 e. The Kier molecular flexibility index (Phi) is 3.31. The first-order valence-corrected chi connectivity index (χ1v) is 4.79. The molecule has 0 aromatic carbocycles. The van der Waals surface area contributed by atoms with Crippen LogP contribution in [0, 0.1) is 0 Å². The molecule has 0 N–H and O–H groups in total. The van der Waals surface area contributed by atoms with Gasteiger partial charge in [0.1, 0.15) is 0 Å². The van der Waals surface area contributed by atoms with Crippen molar-refractivity contribution >= 4 is 0 Å². The number of aryl methyl sites for hydroxylation is 1. The molecule has 1 heterocycles. The first kappa shape index (κ1) is 11.9. The molecule has 1 aromatic heterocycles. The van der Waals surface area contributed by atoms with E-state index < -0.39 is 12.0 Å². The quantitative estimate of drug-likeness (QED) is 0.761. The predicted molar refractivity (Wildman–Crippen MR) is 50.5 cm³/mol. The molecule has 1 rings (SSSR count). The standard InChI is InChI=1S/C10H13F3N2/c1-4-8-7(6(2)3)5-14-9(15-8)10(11,12)13/h5-6H,4H2,1-3H3. The first-order valence-electron chi connectivity index (χ1n) is 4.79. The minimum absolute atomic E-state index is 0.141. The molecule has 0 unspecified atom stereocenters. The summed E-state index contributed by atoms with van der Waals surface area (Å²) in [6.07, 6.45) is -2.70. The Morgan fingerprint density at radius 1 is 1.33 bits per heavy atom. The zero-order chi connectivity index (χ0) is 11.6. The molecule has 0 atom stereocenters. The highest BCUT2D eigenvalue weighted by Gasteiger charge is 2.35. The van der Waals surface area contributed by atoms with Gasteiger partial charge in [-0.15, -0.1) is 0 Å². The predicted octanol–water partition coefficient (Wildman–Crippen LogP) is 3.18. The van der Waals surface area contributed by atoms with Crippen LogP contribution in [0.3, 0.4) is 0 Å². The summed E-state index contributed by atoms with van der Waals surface area (Å²) in [7, 11) is 0. The van der Waals surface area contributed by atoms with Gasteiger partial charge in [-0.3, -0.25) is 0 Å². The molecular weight excluding hydrogens is 205 g/mol. The van der Waals surface area contributed by atoms with E-state index in [4.69, 9.17) is 0 Å². The van der Waals surface area contributed by atoms with E-state index in [0.717, 1.165) is 5.56 Å². The van der Waals surface area contributed by atoms with E-state index in [0.29, 0.717) is 12.1 Å². The lowest BCUT2D eigenvalue weighted by molar-refractivity contribution is -0.145. The minimum Gasteiger partial charge on any atom is -0.233 e. The van der Waals surface area contributed by atoms with Crippen LogP contribution < -0.4 is 0 Å². The summed E-state index contributed by atoms with van der Waals surface area (Å²) in [6.45, 7) is 5.60. The second kappa shape index (κ2) is 4.16. The van der Waals surface area contributed by atoms with Crippen LogP contribution in [0.25, 0.3) is 0 Å². The van der Waals surface area contributed by atoms with Crippen molar-refractivity contribution < 1.29 is 13.2 Å². The van der Waals surface area contributed by atoms with Gasteiger partial charge in [0.2, 0.25) is 5.82 Å². The lowest BCUT2D eigenvalue weighted by Gasteiger charge is -2.12. The van der Waals surface area contributed by atoms with Crippen LogP contribution in [-0.2, 0) is 12.6 Å². The summed E-state index contributed by atoms with van der Waals surface area (Å²) in [5.74, 6) is -0.911. The first-order chi connectivity index (χ1) is 6.86. The van der Waals surface area contributed by atoms with E-state index in [9.17, 15) is 13.2 Å². The minimum atomic E-state index is -4.46. The van der Waals surface area contributed by atoms with E-state index in [-0.39, 0.29) is 5.92 Å². The van der Waals surface area contributed by atoms with Crippen molar-refractivity contribution in [2.24, 2.45) is 0 Å². The van der Waals surface area contributed by atoms with Crippen LogP contribution in [0.5, 0.6) is 0 Å². The molecule has 0 saturated heterocycles. The molecule has 5 heteroatoms. The third-order valence-corrected chi connectivity index (χ3v) is 2.11. The third-order valence-electron chi connectivity index (χ3n) is 2.11. The Balaban J connectivity index is 3.19. The second-order valence-electron chi connectivity index (χ2n) is 3.60. The lowest BCUT2D eigenvalue weighted by Crippen LogP contribution is -2.14. The summed E-state index contributed by atoms with van der Waals surface area (Å²) in [4.78, 5) is 6.89. The fourth-order valence-corrected chi connectivity index (χ4v) is 1.33. The molecule has 0 spiro atoms. The van der Waals surface area contributed by atoms with E-state index in [1.165, 1.54) is 6.20 Å². The topological polar surface area (TPSA) is 25.8 Å². The van der Waals surface area contributed by atoms with E-state index in [2.05, 4.69) is 9.97 Å². The number of aromatic nitrogens is 2. The van der Waals surface area contributed by atoms with Crippen molar-refractivity contribution in [2.45, 2.75) is 39.3 Å². The van der Waals surface area contributed by atoms with E-state index >= 15 is 0 Å². The molecule has 0 saturated carbocycles. The number of hydrogen-bond donors (Lipinski definition) is 0. The van der Waals surface area contributed by atoms with Crippen LogP contribution in [0.15, 0.2) is 6.20 Å². The van der Waals surface area contributed by atoms with Crippen LogP contribution in [-0.4, -0.2) is 9.97 Å². The van der Waals surface area contributed by atoms with Gasteiger partial charge in [0.05, 0.1) is 0 Å². The summed E-state index contributed by atoms with van der Waals surface area (Å²) in [5.41, 5.74) is 1.26. The Hall–Kier alpha value is -1.13. The van der Waals surface area contributed by atoms with Crippen LogP contribution in [0.1, 0.15) is 43.8 Å². The summed E-state index contributed by atoms with van der Waals surface area (Å²) < 4.78 is 36.9.